The molecule has 0 aromatic heterocycles. The minimum Gasteiger partial charge on any atom is -0.465 e. The number of hydrogen-bond acceptors (Lipinski definition) is 3. The van der Waals surface area contributed by atoms with Gasteiger partial charge in [-0.1, -0.05) is 12.2 Å². The average Bonchev–Trinajstić information content (AvgIpc) is 2.31. The largest absolute Gasteiger partial charge is 0.465 e. The van der Waals surface area contributed by atoms with Gasteiger partial charge in [0.2, 0.25) is 0 Å². The van der Waals surface area contributed by atoms with Gasteiger partial charge in [0, 0.05) is 5.56 Å². The number of aliphatic imine (C=N–C) groups is 1. The highest BCUT2D eigenvalue weighted by Gasteiger charge is 2.16. The zero-order chi connectivity index (χ0) is 12.1. The third kappa shape index (κ3) is 2.16. The van der Waals surface area contributed by atoms with E-state index in [4.69, 9.17) is 0 Å². The van der Waals surface area contributed by atoms with Gasteiger partial charge in [0.1, 0.15) is 5.82 Å². The van der Waals surface area contributed by atoms with Crippen LogP contribution in [0.25, 0.3) is 6.08 Å². The van der Waals surface area contributed by atoms with Gasteiger partial charge in [0.25, 0.3) is 0 Å². The molecule has 1 aromatic rings. The number of allylic oxidation sites excluding steroid dienone is 1. The van der Waals surface area contributed by atoms with E-state index in [0.717, 1.165) is 0 Å². The molecule has 84 valence electrons. The Bertz CT molecular complexity index is 453. The Kier molecular flexibility index (Phi) is 3.94. The summed E-state index contributed by atoms with van der Waals surface area (Å²) in [5, 5.41) is 0. The van der Waals surface area contributed by atoms with Crippen molar-refractivity contribution in [3.63, 3.8) is 0 Å². The van der Waals surface area contributed by atoms with Crippen LogP contribution in [0.1, 0.15) is 22.8 Å². The lowest BCUT2D eigenvalue weighted by Crippen LogP contribution is -2.05. The van der Waals surface area contributed by atoms with Crippen molar-refractivity contribution < 1.29 is 13.9 Å². The smallest absolute Gasteiger partial charge is 0.340 e. The van der Waals surface area contributed by atoms with Crippen molar-refractivity contribution in [3.05, 3.63) is 35.2 Å². The summed E-state index contributed by atoms with van der Waals surface area (Å²) in [4.78, 5) is 14.9. The Hall–Kier alpha value is -1.97. The molecule has 0 heterocycles. The summed E-state index contributed by atoms with van der Waals surface area (Å²) >= 11 is 0. The molecule has 0 N–H and O–H groups in total. The molecule has 0 aliphatic heterocycles. The number of benzene rings is 1. The summed E-state index contributed by atoms with van der Waals surface area (Å²) in [6.07, 6.45) is 3.19. The number of hydrogen-bond donors (Lipinski definition) is 0. The fourth-order valence-electron chi connectivity index (χ4n) is 1.31. The SMILES string of the molecule is C=Nc1ccc(C(=O)OC)c(F)c1/C=C\C. The monoisotopic (exact) mass is 221 g/mol. The number of nitrogens with zero attached hydrogens (tertiary/aromatic N) is 1. The summed E-state index contributed by atoms with van der Waals surface area (Å²) in [7, 11) is 1.21. The zero-order valence-corrected chi connectivity index (χ0v) is 9.16. The van der Waals surface area contributed by atoms with E-state index in [1.165, 1.54) is 25.3 Å². The molecule has 1 rings (SSSR count). The van der Waals surface area contributed by atoms with Crippen LogP contribution in [0, 0.1) is 5.82 Å². The van der Waals surface area contributed by atoms with Crippen molar-refractivity contribution in [3.8, 4) is 0 Å². The molecule has 0 aliphatic carbocycles. The van der Waals surface area contributed by atoms with Crippen molar-refractivity contribution in [1.29, 1.82) is 0 Å². The first-order valence-electron chi connectivity index (χ1n) is 4.66. The van der Waals surface area contributed by atoms with Crippen LogP contribution >= 0.6 is 0 Å². The van der Waals surface area contributed by atoms with E-state index < -0.39 is 11.8 Å². The number of esters is 1. The van der Waals surface area contributed by atoms with Crippen LogP contribution in [-0.2, 0) is 4.74 Å². The van der Waals surface area contributed by atoms with E-state index in [9.17, 15) is 9.18 Å². The van der Waals surface area contributed by atoms with Crippen LogP contribution in [0.3, 0.4) is 0 Å². The van der Waals surface area contributed by atoms with Gasteiger partial charge in [0.15, 0.2) is 0 Å². The predicted octanol–water partition coefficient (Wildman–Crippen LogP) is 2.98. The molecule has 0 aliphatic rings. The van der Waals surface area contributed by atoms with E-state index in [0.29, 0.717) is 5.69 Å². The van der Waals surface area contributed by atoms with E-state index >= 15 is 0 Å². The Morgan fingerprint density at radius 2 is 2.25 bits per heavy atom. The highest BCUT2D eigenvalue weighted by molar-refractivity contribution is 5.91. The van der Waals surface area contributed by atoms with E-state index in [2.05, 4.69) is 16.4 Å². The summed E-state index contributed by atoms with van der Waals surface area (Å²) < 4.78 is 18.4. The van der Waals surface area contributed by atoms with Crippen LogP contribution in [0.15, 0.2) is 23.2 Å². The zero-order valence-electron chi connectivity index (χ0n) is 9.16. The molecule has 0 atom stereocenters. The quantitative estimate of drug-likeness (QED) is 0.581. The van der Waals surface area contributed by atoms with E-state index in [-0.39, 0.29) is 11.1 Å². The first-order valence-corrected chi connectivity index (χ1v) is 4.66. The summed E-state index contributed by atoms with van der Waals surface area (Å²) in [6, 6.07) is 2.86. The number of carbonyl (C=O) groups excluding carboxylic acids is 1. The summed E-state index contributed by atoms with van der Waals surface area (Å²) in [5.74, 6) is -1.35. The lowest BCUT2D eigenvalue weighted by molar-refractivity contribution is 0.0595. The molecule has 0 spiro atoms. The number of methoxy groups -OCH3 is 1. The lowest BCUT2D eigenvalue weighted by Gasteiger charge is -2.06. The van der Waals surface area contributed by atoms with Gasteiger partial charge >= 0.3 is 5.97 Å². The topological polar surface area (TPSA) is 38.7 Å². The first kappa shape index (κ1) is 12.1. The van der Waals surface area contributed by atoms with E-state index in [1.807, 2.05) is 0 Å². The van der Waals surface area contributed by atoms with Crippen LogP contribution in [-0.4, -0.2) is 19.8 Å². The molecule has 0 bridgehead atoms. The Balaban J connectivity index is 3.42. The maximum Gasteiger partial charge on any atom is 0.340 e. The Morgan fingerprint density at radius 1 is 1.56 bits per heavy atom. The number of halogens is 1. The number of carbonyl (C=O) groups is 1. The van der Waals surface area contributed by atoms with Gasteiger partial charge in [-0.05, 0) is 25.8 Å². The van der Waals surface area contributed by atoms with Gasteiger partial charge in [-0.3, -0.25) is 4.99 Å². The molecule has 0 fully saturated rings. The Morgan fingerprint density at radius 3 is 2.75 bits per heavy atom. The number of ether oxygens (including phenoxy) is 1. The first-order chi connectivity index (χ1) is 7.65. The second-order valence-corrected chi connectivity index (χ2v) is 3.01. The summed E-state index contributed by atoms with van der Waals surface area (Å²) in [5.41, 5.74) is 0.520. The fourth-order valence-corrected chi connectivity index (χ4v) is 1.31. The molecule has 0 amide bonds. The predicted molar refractivity (Wildman–Crippen MR) is 61.7 cm³/mol. The minimum atomic E-state index is -0.709. The molecule has 16 heavy (non-hydrogen) atoms. The third-order valence-corrected chi connectivity index (χ3v) is 2.07. The minimum absolute atomic E-state index is 0.108. The summed E-state index contributed by atoms with van der Waals surface area (Å²) in [6.45, 7) is 5.09. The average molecular weight is 221 g/mol. The molecule has 1 aromatic carbocycles. The van der Waals surface area contributed by atoms with E-state index in [1.54, 1.807) is 13.0 Å². The molecule has 0 radical (unpaired) electrons. The second-order valence-electron chi connectivity index (χ2n) is 3.01. The number of rotatable bonds is 3. The van der Waals surface area contributed by atoms with Crippen molar-refractivity contribution in [2.24, 2.45) is 4.99 Å². The van der Waals surface area contributed by atoms with Crippen molar-refractivity contribution in [1.82, 2.24) is 0 Å². The Labute approximate surface area is 93.3 Å². The molecular formula is C12H12FNO2. The maximum absolute atomic E-state index is 13.9. The molecule has 4 heteroatoms. The van der Waals surface area contributed by atoms with Crippen LogP contribution in [0.4, 0.5) is 10.1 Å². The maximum atomic E-state index is 13.9. The van der Waals surface area contributed by atoms with Crippen molar-refractivity contribution in [2.45, 2.75) is 6.92 Å². The van der Waals surface area contributed by atoms with Gasteiger partial charge in [-0.2, -0.15) is 0 Å². The fraction of sp³-hybridized carbons (Fsp3) is 0.167. The normalized spacial score (nSPS) is 10.4. The highest BCUT2D eigenvalue weighted by Crippen LogP contribution is 2.26. The molecule has 3 nitrogen and oxygen atoms in total. The van der Waals surface area contributed by atoms with Gasteiger partial charge in [-0.15, -0.1) is 0 Å². The molecule has 0 saturated carbocycles. The van der Waals surface area contributed by atoms with Gasteiger partial charge in [0.05, 0.1) is 18.4 Å². The van der Waals surface area contributed by atoms with Crippen LogP contribution < -0.4 is 0 Å². The second kappa shape index (κ2) is 5.21. The van der Waals surface area contributed by atoms with Gasteiger partial charge in [-0.25, -0.2) is 9.18 Å². The van der Waals surface area contributed by atoms with Gasteiger partial charge < -0.3 is 4.74 Å². The standard InChI is InChI=1S/C12H12FNO2/c1-4-5-8-10(14-2)7-6-9(11(8)13)12(15)16-3/h4-7H,2H2,1,3H3/b5-4-. The van der Waals surface area contributed by atoms with Crippen LogP contribution in [0.5, 0.6) is 0 Å². The lowest BCUT2D eigenvalue weighted by atomic mass is 10.1. The van der Waals surface area contributed by atoms with Crippen molar-refractivity contribution in [2.75, 3.05) is 7.11 Å². The third-order valence-electron chi connectivity index (χ3n) is 2.07. The highest BCUT2D eigenvalue weighted by atomic mass is 19.1. The molecule has 0 unspecified atom stereocenters. The van der Waals surface area contributed by atoms with Crippen molar-refractivity contribution >= 4 is 24.5 Å². The van der Waals surface area contributed by atoms with Crippen LogP contribution in [0.2, 0.25) is 0 Å². The molecular weight excluding hydrogens is 209 g/mol. The molecule has 0 saturated heterocycles.